The van der Waals surface area contributed by atoms with Crippen molar-refractivity contribution in [3.8, 4) is 0 Å². The molecule has 0 bridgehead atoms. The monoisotopic (exact) mass is 403 g/mol. The fourth-order valence-corrected chi connectivity index (χ4v) is 3.63. The molecule has 3 rings (SSSR count). The van der Waals surface area contributed by atoms with E-state index < -0.39 is 6.29 Å². The Morgan fingerprint density at radius 1 is 1.21 bits per heavy atom. The quantitative estimate of drug-likeness (QED) is 0.597. The van der Waals surface area contributed by atoms with Crippen LogP contribution in [0.15, 0.2) is 59.0 Å². The van der Waals surface area contributed by atoms with Gasteiger partial charge in [-0.1, -0.05) is 30.3 Å². The molecule has 0 saturated heterocycles. The predicted molar refractivity (Wildman–Crippen MR) is 107 cm³/mol. The Bertz CT molecular complexity index is 747. The van der Waals surface area contributed by atoms with Crippen molar-refractivity contribution >= 4 is 17.2 Å². The van der Waals surface area contributed by atoms with Gasteiger partial charge >= 0.3 is 0 Å². The van der Waals surface area contributed by atoms with E-state index in [2.05, 4.69) is 16.8 Å². The molecule has 1 aromatic carbocycles. The van der Waals surface area contributed by atoms with E-state index in [-0.39, 0.29) is 30.8 Å². The SMILES string of the molecule is O=C(NCc1ccccc1)C1=C[C@H](c2ccsc2)C[C@H](OCCOCCO)O1. The molecule has 1 amide bonds. The van der Waals surface area contributed by atoms with Crippen molar-refractivity contribution in [1.29, 1.82) is 0 Å². The minimum atomic E-state index is -0.523. The van der Waals surface area contributed by atoms with Crippen molar-refractivity contribution in [3.05, 3.63) is 70.1 Å². The van der Waals surface area contributed by atoms with Crippen molar-refractivity contribution < 1.29 is 24.1 Å². The third-order valence-electron chi connectivity index (χ3n) is 4.32. The van der Waals surface area contributed by atoms with Crippen molar-refractivity contribution in [2.45, 2.75) is 25.2 Å². The van der Waals surface area contributed by atoms with Gasteiger partial charge in [0, 0.05) is 18.9 Å². The smallest absolute Gasteiger partial charge is 0.286 e. The summed E-state index contributed by atoms with van der Waals surface area (Å²) in [5.74, 6) is 0.0782. The van der Waals surface area contributed by atoms with E-state index in [1.807, 2.05) is 41.8 Å². The summed E-state index contributed by atoms with van der Waals surface area (Å²) in [5.41, 5.74) is 2.17. The van der Waals surface area contributed by atoms with Gasteiger partial charge in [0.15, 0.2) is 5.76 Å². The number of aliphatic hydroxyl groups excluding tert-OH is 1. The van der Waals surface area contributed by atoms with E-state index in [4.69, 9.17) is 19.3 Å². The van der Waals surface area contributed by atoms with Gasteiger partial charge < -0.3 is 24.6 Å². The van der Waals surface area contributed by atoms with E-state index in [0.717, 1.165) is 11.1 Å². The summed E-state index contributed by atoms with van der Waals surface area (Å²) >= 11 is 1.62. The zero-order valence-electron chi connectivity index (χ0n) is 15.6. The summed E-state index contributed by atoms with van der Waals surface area (Å²) in [4.78, 5) is 12.6. The highest BCUT2D eigenvalue weighted by molar-refractivity contribution is 7.08. The third-order valence-corrected chi connectivity index (χ3v) is 5.02. The average molecular weight is 404 g/mol. The number of benzene rings is 1. The Labute approximate surface area is 168 Å². The molecule has 150 valence electrons. The van der Waals surface area contributed by atoms with Crippen LogP contribution >= 0.6 is 11.3 Å². The van der Waals surface area contributed by atoms with Crippen LogP contribution in [-0.2, 0) is 25.5 Å². The molecule has 7 heteroatoms. The van der Waals surface area contributed by atoms with Crippen LogP contribution in [0.1, 0.15) is 23.5 Å². The van der Waals surface area contributed by atoms with Crippen molar-refractivity contribution in [3.63, 3.8) is 0 Å². The standard InChI is InChI=1S/C21H25NO5S/c23-7-8-25-9-10-26-20-13-18(17-6-11-28-15-17)12-19(27-20)21(24)22-14-16-4-2-1-3-5-16/h1-6,11-12,15,18,20,23H,7-10,13-14H2,(H,22,24)/t18-,20+/m0/s1. The van der Waals surface area contributed by atoms with E-state index in [0.29, 0.717) is 26.2 Å². The summed E-state index contributed by atoms with van der Waals surface area (Å²) in [5, 5.41) is 15.7. The second kappa shape index (κ2) is 11.0. The maximum atomic E-state index is 12.6. The Morgan fingerprint density at radius 2 is 2.07 bits per heavy atom. The lowest BCUT2D eigenvalue weighted by atomic mass is 9.95. The third kappa shape index (κ3) is 6.17. The van der Waals surface area contributed by atoms with Gasteiger partial charge in [0.25, 0.3) is 5.91 Å². The lowest BCUT2D eigenvalue weighted by Gasteiger charge is -2.29. The molecule has 1 aromatic heterocycles. The van der Waals surface area contributed by atoms with Gasteiger partial charge in [0.05, 0.1) is 26.4 Å². The fraction of sp³-hybridized carbons (Fsp3) is 0.381. The molecule has 0 fully saturated rings. The molecular weight excluding hydrogens is 378 g/mol. The molecule has 0 unspecified atom stereocenters. The van der Waals surface area contributed by atoms with Gasteiger partial charge in [-0.25, -0.2) is 0 Å². The zero-order valence-corrected chi connectivity index (χ0v) is 16.4. The maximum absolute atomic E-state index is 12.6. The van der Waals surface area contributed by atoms with E-state index in [1.165, 1.54) is 0 Å². The van der Waals surface area contributed by atoms with Gasteiger partial charge in [0.1, 0.15) is 0 Å². The van der Waals surface area contributed by atoms with E-state index in [1.54, 1.807) is 11.3 Å². The number of hydrogen-bond donors (Lipinski definition) is 2. The van der Waals surface area contributed by atoms with Crippen LogP contribution in [0, 0.1) is 0 Å². The summed E-state index contributed by atoms with van der Waals surface area (Å²) < 4.78 is 16.8. The van der Waals surface area contributed by atoms with E-state index >= 15 is 0 Å². The van der Waals surface area contributed by atoms with Gasteiger partial charge in [-0.15, -0.1) is 0 Å². The summed E-state index contributed by atoms with van der Waals surface area (Å²) in [7, 11) is 0. The average Bonchev–Trinajstić information content (AvgIpc) is 3.27. The van der Waals surface area contributed by atoms with Gasteiger partial charge in [-0.2, -0.15) is 11.3 Å². The number of nitrogens with one attached hydrogen (secondary N) is 1. The van der Waals surface area contributed by atoms with Crippen LogP contribution in [0.25, 0.3) is 0 Å². The molecule has 28 heavy (non-hydrogen) atoms. The lowest BCUT2D eigenvalue weighted by Crippen LogP contribution is -2.33. The Morgan fingerprint density at radius 3 is 2.82 bits per heavy atom. The molecule has 0 saturated carbocycles. The van der Waals surface area contributed by atoms with Gasteiger partial charge in [-0.05, 0) is 34.0 Å². The molecule has 6 nitrogen and oxygen atoms in total. The molecule has 2 N–H and O–H groups in total. The maximum Gasteiger partial charge on any atom is 0.286 e. The number of rotatable bonds is 10. The number of allylic oxidation sites excluding steroid dienone is 1. The largest absolute Gasteiger partial charge is 0.459 e. The Kier molecular flexibility index (Phi) is 8.05. The number of aliphatic hydroxyl groups is 1. The van der Waals surface area contributed by atoms with Gasteiger partial charge in [-0.3, -0.25) is 4.79 Å². The predicted octanol–water partition coefficient (Wildman–Crippen LogP) is 2.80. The van der Waals surface area contributed by atoms with Crippen LogP contribution in [-0.4, -0.2) is 43.7 Å². The van der Waals surface area contributed by atoms with E-state index in [9.17, 15) is 4.79 Å². The summed E-state index contributed by atoms with van der Waals surface area (Å²) in [6, 6.07) is 11.8. The number of thiophene rings is 1. The highest BCUT2D eigenvalue weighted by Gasteiger charge is 2.28. The molecule has 0 spiro atoms. The number of amides is 1. The minimum absolute atomic E-state index is 0.0192. The van der Waals surface area contributed by atoms with Crippen molar-refractivity contribution in [1.82, 2.24) is 5.32 Å². The highest BCUT2D eigenvalue weighted by Crippen LogP contribution is 2.32. The molecule has 0 radical (unpaired) electrons. The van der Waals surface area contributed by atoms with Crippen LogP contribution in [0.2, 0.25) is 0 Å². The number of ether oxygens (including phenoxy) is 3. The molecule has 2 atom stereocenters. The fourth-order valence-electron chi connectivity index (χ4n) is 2.91. The first-order valence-corrected chi connectivity index (χ1v) is 10.2. The lowest BCUT2D eigenvalue weighted by molar-refractivity contribution is -0.151. The summed E-state index contributed by atoms with van der Waals surface area (Å²) in [6.07, 6.45) is 1.97. The van der Waals surface area contributed by atoms with Crippen LogP contribution < -0.4 is 5.32 Å². The topological polar surface area (TPSA) is 77.0 Å². The minimum Gasteiger partial charge on any atom is -0.459 e. The first-order chi connectivity index (χ1) is 13.8. The first kappa shape index (κ1) is 20.5. The number of carbonyl (C=O) groups is 1. The molecule has 1 aliphatic heterocycles. The van der Waals surface area contributed by atoms with Crippen LogP contribution in [0.5, 0.6) is 0 Å². The zero-order chi connectivity index (χ0) is 19.6. The van der Waals surface area contributed by atoms with Crippen LogP contribution in [0.3, 0.4) is 0 Å². The summed E-state index contributed by atoms with van der Waals surface area (Å²) in [6.45, 7) is 1.39. The second-order valence-electron chi connectivity index (χ2n) is 6.35. The van der Waals surface area contributed by atoms with Gasteiger partial charge in [0.2, 0.25) is 6.29 Å². The Hall–Kier alpha value is -2.19. The Balaban J connectivity index is 1.60. The number of carbonyl (C=O) groups excluding carboxylic acids is 1. The second-order valence-corrected chi connectivity index (χ2v) is 7.13. The number of hydrogen-bond acceptors (Lipinski definition) is 6. The molecule has 1 aliphatic rings. The first-order valence-electron chi connectivity index (χ1n) is 9.29. The molecule has 0 aliphatic carbocycles. The highest BCUT2D eigenvalue weighted by atomic mass is 32.1. The van der Waals surface area contributed by atoms with Crippen molar-refractivity contribution in [2.24, 2.45) is 0 Å². The van der Waals surface area contributed by atoms with Crippen molar-refractivity contribution in [2.75, 3.05) is 26.4 Å². The molecular formula is C21H25NO5S. The molecule has 2 aromatic rings. The normalized spacial score (nSPS) is 19.0. The molecule has 2 heterocycles. The van der Waals surface area contributed by atoms with Crippen LogP contribution in [0.4, 0.5) is 0 Å².